The van der Waals surface area contributed by atoms with Crippen LogP contribution in [-0.2, 0) is 21.8 Å². The highest BCUT2D eigenvalue weighted by Gasteiger charge is 2.64. The summed E-state index contributed by atoms with van der Waals surface area (Å²) < 4.78 is 5.92. The summed E-state index contributed by atoms with van der Waals surface area (Å²) in [5.41, 5.74) is -1.40. The average molecular weight is 500 g/mol. The van der Waals surface area contributed by atoms with E-state index in [-0.39, 0.29) is 6.54 Å². The second-order valence-corrected chi connectivity index (χ2v) is 8.97. The zero-order chi connectivity index (χ0) is 24.7. The predicted octanol–water partition coefficient (Wildman–Crippen LogP) is 4.01. The number of rotatable bonds is 6. The summed E-state index contributed by atoms with van der Waals surface area (Å²) in [5.74, 6) is -1.12. The van der Waals surface area contributed by atoms with Gasteiger partial charge in [0.05, 0.1) is 22.8 Å². The molecule has 2 aromatic carbocycles. The first kappa shape index (κ1) is 24.2. The molecule has 0 spiro atoms. The summed E-state index contributed by atoms with van der Waals surface area (Å²) in [7, 11) is 2.77. The number of fused-ring (bicyclic) bond motifs is 1. The van der Waals surface area contributed by atoms with Gasteiger partial charge in [-0.05, 0) is 42.3 Å². The second-order valence-electron chi connectivity index (χ2n) is 8.09. The molecule has 7 nitrogen and oxygen atoms in total. The van der Waals surface area contributed by atoms with Crippen molar-refractivity contribution >= 4 is 35.0 Å². The van der Waals surface area contributed by atoms with Crippen LogP contribution in [0.25, 0.3) is 11.1 Å². The van der Waals surface area contributed by atoms with Crippen molar-refractivity contribution in [2.75, 3.05) is 14.2 Å². The number of benzene rings is 2. The highest BCUT2D eigenvalue weighted by molar-refractivity contribution is 6.30. The Labute approximate surface area is 207 Å². The molecule has 2 amide bonds. The highest BCUT2D eigenvalue weighted by Crippen LogP contribution is 2.50. The number of hydrogen-bond acceptors (Lipinski definition) is 5. The number of halogens is 2. The molecule has 0 radical (unpaired) electrons. The van der Waals surface area contributed by atoms with Crippen molar-refractivity contribution in [3.63, 3.8) is 0 Å². The van der Waals surface area contributed by atoms with Gasteiger partial charge in [-0.15, -0.1) is 0 Å². The molecule has 9 heteroatoms. The molecular weight excluding hydrogens is 477 g/mol. The first-order chi connectivity index (χ1) is 16.2. The first-order valence-electron chi connectivity index (χ1n) is 10.5. The lowest BCUT2D eigenvalue weighted by molar-refractivity contribution is -0.229. The Morgan fingerprint density at radius 2 is 1.82 bits per heavy atom. The van der Waals surface area contributed by atoms with Crippen LogP contribution in [0.4, 0.5) is 0 Å². The van der Waals surface area contributed by atoms with Gasteiger partial charge in [0.2, 0.25) is 5.72 Å². The number of likely N-dealkylation sites (N-methyl/N-ethyl adjacent to an activating group) is 1. The van der Waals surface area contributed by atoms with Gasteiger partial charge in [0.25, 0.3) is 11.8 Å². The van der Waals surface area contributed by atoms with Gasteiger partial charge in [0.15, 0.2) is 5.60 Å². The Hall–Kier alpha value is -2.97. The molecule has 34 heavy (non-hydrogen) atoms. The minimum atomic E-state index is -2.15. The van der Waals surface area contributed by atoms with E-state index in [1.807, 2.05) is 0 Å². The van der Waals surface area contributed by atoms with Crippen LogP contribution < -0.4 is 5.32 Å². The molecule has 0 bridgehead atoms. The second kappa shape index (κ2) is 9.00. The molecular formula is C25H23Cl2N3O4. The quantitative estimate of drug-likeness (QED) is 0.534. The fourth-order valence-corrected chi connectivity index (χ4v) is 4.78. The van der Waals surface area contributed by atoms with Gasteiger partial charge < -0.3 is 15.2 Å². The van der Waals surface area contributed by atoms with E-state index in [1.165, 1.54) is 32.2 Å². The van der Waals surface area contributed by atoms with E-state index >= 15 is 0 Å². The Morgan fingerprint density at radius 3 is 2.41 bits per heavy atom. The summed E-state index contributed by atoms with van der Waals surface area (Å²) in [6.45, 7) is 1.29. The van der Waals surface area contributed by atoms with Crippen LogP contribution in [0.3, 0.4) is 0 Å². The Morgan fingerprint density at radius 1 is 1.15 bits per heavy atom. The van der Waals surface area contributed by atoms with Crippen molar-refractivity contribution < 1.29 is 19.4 Å². The first-order valence-corrected chi connectivity index (χ1v) is 11.2. The summed E-state index contributed by atoms with van der Waals surface area (Å²) >= 11 is 12.0. The van der Waals surface area contributed by atoms with Gasteiger partial charge in [-0.3, -0.25) is 19.5 Å². The van der Waals surface area contributed by atoms with Gasteiger partial charge in [0.1, 0.15) is 0 Å². The number of nitrogens with one attached hydrogen (secondary N) is 1. The fourth-order valence-electron chi connectivity index (χ4n) is 4.54. The maximum atomic E-state index is 14.0. The number of carbonyl (C=O) groups is 2. The minimum Gasteiger partial charge on any atom is -0.376 e. The van der Waals surface area contributed by atoms with E-state index in [2.05, 4.69) is 10.3 Å². The Bertz CT molecular complexity index is 1250. The standard InChI is InChI=1S/C25H23Cl2N3O4/c1-24(33,23(32)28-2)25(34-3)20-6-4-5-19(15-7-9-16(26)10-8-15)21(20)22(31)30(25)14-18-12-11-17(27)13-29-18/h4-13,33H,14H2,1-3H3,(H,28,32)/t24?,25-/m1/s1. The van der Waals surface area contributed by atoms with Crippen LogP contribution in [0.1, 0.15) is 28.5 Å². The van der Waals surface area contributed by atoms with Crippen molar-refractivity contribution in [3.8, 4) is 11.1 Å². The minimum absolute atomic E-state index is 0.0360. The average Bonchev–Trinajstić information content (AvgIpc) is 3.09. The van der Waals surface area contributed by atoms with Crippen LogP contribution >= 0.6 is 23.2 Å². The molecule has 1 aromatic heterocycles. The van der Waals surface area contributed by atoms with Crippen molar-refractivity contribution in [3.05, 3.63) is 87.7 Å². The van der Waals surface area contributed by atoms with Crippen LogP contribution in [0, 0.1) is 0 Å². The molecule has 2 N–H and O–H groups in total. The third-order valence-corrected chi connectivity index (χ3v) is 6.63. The molecule has 1 aliphatic heterocycles. The van der Waals surface area contributed by atoms with Gasteiger partial charge in [-0.1, -0.05) is 53.5 Å². The van der Waals surface area contributed by atoms with Gasteiger partial charge in [-0.2, -0.15) is 0 Å². The van der Waals surface area contributed by atoms with Crippen LogP contribution in [0.5, 0.6) is 0 Å². The SMILES string of the molecule is CNC(=O)C(C)(O)[C@]1(OC)c2cccc(-c3ccc(Cl)cc3)c2C(=O)N1Cc1ccc(Cl)cn1. The molecule has 0 saturated heterocycles. The Balaban J connectivity index is 1.97. The van der Waals surface area contributed by atoms with E-state index < -0.39 is 23.1 Å². The molecule has 4 rings (SSSR count). The highest BCUT2D eigenvalue weighted by atomic mass is 35.5. The van der Waals surface area contributed by atoms with Crippen LogP contribution in [0.15, 0.2) is 60.8 Å². The number of carbonyl (C=O) groups excluding carboxylic acids is 2. The topological polar surface area (TPSA) is 91.8 Å². The van der Waals surface area contributed by atoms with Gasteiger partial charge >= 0.3 is 0 Å². The summed E-state index contributed by atoms with van der Waals surface area (Å²) in [4.78, 5) is 32.5. The molecule has 2 heterocycles. The van der Waals surface area contributed by atoms with E-state index in [4.69, 9.17) is 27.9 Å². The number of pyridine rings is 1. The lowest BCUT2D eigenvalue weighted by atomic mass is 9.83. The lowest BCUT2D eigenvalue weighted by Gasteiger charge is -2.46. The zero-order valence-corrected chi connectivity index (χ0v) is 20.3. The molecule has 1 unspecified atom stereocenters. The number of hydrogen-bond donors (Lipinski definition) is 2. The fraction of sp³-hybridized carbons (Fsp3) is 0.240. The zero-order valence-electron chi connectivity index (χ0n) is 18.8. The molecule has 2 atom stereocenters. The van der Waals surface area contributed by atoms with E-state index in [1.54, 1.807) is 54.6 Å². The number of aliphatic hydroxyl groups is 1. The molecule has 0 saturated carbocycles. The van der Waals surface area contributed by atoms with E-state index in [0.717, 1.165) is 5.56 Å². The van der Waals surface area contributed by atoms with Crippen molar-refractivity contribution in [2.24, 2.45) is 0 Å². The van der Waals surface area contributed by atoms with Crippen molar-refractivity contribution in [1.29, 1.82) is 0 Å². The molecule has 176 valence electrons. The number of amides is 2. The molecule has 1 aliphatic rings. The summed E-state index contributed by atoms with van der Waals surface area (Å²) in [6.07, 6.45) is 1.47. The van der Waals surface area contributed by atoms with Crippen molar-refractivity contribution in [2.45, 2.75) is 24.8 Å². The van der Waals surface area contributed by atoms with E-state index in [0.29, 0.717) is 32.4 Å². The van der Waals surface area contributed by atoms with Gasteiger partial charge in [-0.25, -0.2) is 0 Å². The third-order valence-electron chi connectivity index (χ3n) is 6.16. The van der Waals surface area contributed by atoms with Crippen LogP contribution in [0.2, 0.25) is 10.0 Å². The monoisotopic (exact) mass is 499 g/mol. The summed E-state index contributed by atoms with van der Waals surface area (Å²) in [5, 5.41) is 15.1. The summed E-state index contributed by atoms with van der Waals surface area (Å²) in [6, 6.07) is 15.6. The number of aromatic nitrogens is 1. The van der Waals surface area contributed by atoms with E-state index in [9.17, 15) is 14.7 Å². The third kappa shape index (κ3) is 3.65. The maximum absolute atomic E-state index is 14.0. The van der Waals surface area contributed by atoms with Gasteiger partial charge in [0, 0.05) is 30.9 Å². The number of ether oxygens (including phenoxy) is 1. The molecule has 0 fully saturated rings. The Kier molecular flexibility index (Phi) is 6.40. The molecule has 0 aliphatic carbocycles. The largest absolute Gasteiger partial charge is 0.376 e. The number of methoxy groups -OCH3 is 1. The number of nitrogens with zero attached hydrogens (tertiary/aromatic N) is 2. The molecule has 3 aromatic rings. The normalized spacial score (nSPS) is 19.0. The lowest BCUT2D eigenvalue weighted by Crippen LogP contribution is -2.65. The smallest absolute Gasteiger partial charge is 0.257 e. The predicted molar refractivity (Wildman–Crippen MR) is 129 cm³/mol. The maximum Gasteiger partial charge on any atom is 0.257 e. The van der Waals surface area contributed by atoms with Crippen LogP contribution in [-0.4, -0.2) is 46.6 Å². The van der Waals surface area contributed by atoms with Crippen molar-refractivity contribution in [1.82, 2.24) is 15.2 Å².